The largest absolute Gasteiger partial charge is 0.392 e. The van der Waals surface area contributed by atoms with Gasteiger partial charge < -0.3 is 10.4 Å². The molecule has 2 N–H and O–H groups in total. The Hall–Kier alpha value is -1.13. The van der Waals surface area contributed by atoms with E-state index in [1.807, 2.05) is 13.8 Å². The predicted molar refractivity (Wildman–Crippen MR) is 67.1 cm³/mol. The van der Waals surface area contributed by atoms with Crippen molar-refractivity contribution in [1.82, 2.24) is 5.32 Å². The molecule has 1 aliphatic carbocycles. The van der Waals surface area contributed by atoms with E-state index >= 15 is 0 Å². The molecule has 2 unspecified atom stereocenters. The summed E-state index contributed by atoms with van der Waals surface area (Å²) in [5.74, 6) is -1.18. The number of hydrogen-bond acceptors (Lipinski definition) is 2. The lowest BCUT2D eigenvalue weighted by Gasteiger charge is -2.49. The highest BCUT2D eigenvalue weighted by Crippen LogP contribution is 2.40. The molecule has 1 aromatic carbocycles. The van der Waals surface area contributed by atoms with E-state index in [4.69, 9.17) is 11.6 Å². The fraction of sp³-hybridized carbons (Fsp3) is 0.462. The second-order valence-corrected chi connectivity index (χ2v) is 5.60. The van der Waals surface area contributed by atoms with Crippen molar-refractivity contribution in [2.24, 2.45) is 5.41 Å². The van der Waals surface area contributed by atoms with E-state index in [2.05, 4.69) is 5.32 Å². The minimum atomic E-state index is -0.641. The molecule has 18 heavy (non-hydrogen) atoms. The molecule has 98 valence electrons. The average molecular weight is 272 g/mol. The van der Waals surface area contributed by atoms with Crippen LogP contribution in [0.25, 0.3) is 0 Å². The highest BCUT2D eigenvalue weighted by atomic mass is 35.5. The average Bonchev–Trinajstić information content (AvgIpc) is 2.28. The van der Waals surface area contributed by atoms with Crippen LogP contribution in [0.15, 0.2) is 18.2 Å². The standard InChI is InChI=1S/C13H15ClFNO2/c1-13(2)9(6-10(13)17)16-12(18)11-7(14)4-3-5-8(11)15/h3-5,9-10,17H,6H2,1-2H3,(H,16,18). The van der Waals surface area contributed by atoms with Crippen LogP contribution in [0.5, 0.6) is 0 Å². The van der Waals surface area contributed by atoms with Crippen LogP contribution in [0.1, 0.15) is 30.6 Å². The maximum absolute atomic E-state index is 13.5. The Morgan fingerprint density at radius 3 is 2.72 bits per heavy atom. The highest BCUT2D eigenvalue weighted by Gasteiger charge is 2.48. The van der Waals surface area contributed by atoms with Crippen LogP contribution in [-0.4, -0.2) is 23.2 Å². The molecule has 2 atom stereocenters. The zero-order valence-corrected chi connectivity index (χ0v) is 11.0. The molecule has 5 heteroatoms. The van der Waals surface area contributed by atoms with Gasteiger partial charge in [-0.3, -0.25) is 4.79 Å². The summed E-state index contributed by atoms with van der Waals surface area (Å²) >= 11 is 5.82. The van der Waals surface area contributed by atoms with E-state index in [1.54, 1.807) is 0 Å². The summed E-state index contributed by atoms with van der Waals surface area (Å²) < 4.78 is 13.5. The van der Waals surface area contributed by atoms with Gasteiger partial charge in [-0.1, -0.05) is 31.5 Å². The second kappa shape index (κ2) is 4.52. The summed E-state index contributed by atoms with van der Waals surface area (Å²) in [6, 6.07) is 3.95. The van der Waals surface area contributed by atoms with Crippen molar-refractivity contribution < 1.29 is 14.3 Å². The monoisotopic (exact) mass is 271 g/mol. The lowest BCUT2D eigenvalue weighted by molar-refractivity contribution is -0.0689. The van der Waals surface area contributed by atoms with Crippen molar-refractivity contribution in [3.05, 3.63) is 34.6 Å². The fourth-order valence-electron chi connectivity index (χ4n) is 2.09. The van der Waals surface area contributed by atoms with Crippen LogP contribution in [0.3, 0.4) is 0 Å². The Bertz CT molecular complexity index is 470. The predicted octanol–water partition coefficient (Wildman–Crippen LogP) is 2.37. The van der Waals surface area contributed by atoms with E-state index in [9.17, 15) is 14.3 Å². The number of nitrogens with one attached hydrogen (secondary N) is 1. The minimum absolute atomic E-state index is 0.0881. The topological polar surface area (TPSA) is 49.3 Å². The molecule has 0 heterocycles. The fourth-order valence-corrected chi connectivity index (χ4v) is 2.34. The van der Waals surface area contributed by atoms with Gasteiger partial charge in [0.1, 0.15) is 5.82 Å². The van der Waals surface area contributed by atoms with Crippen molar-refractivity contribution in [2.45, 2.75) is 32.4 Å². The number of carbonyl (C=O) groups excluding carboxylic acids is 1. The van der Waals surface area contributed by atoms with Gasteiger partial charge in [0.2, 0.25) is 0 Å². The smallest absolute Gasteiger partial charge is 0.256 e. The molecular formula is C13H15ClFNO2. The normalized spacial score (nSPS) is 25.4. The Kier molecular flexibility index (Phi) is 3.34. The van der Waals surface area contributed by atoms with Crippen LogP contribution in [0.4, 0.5) is 4.39 Å². The van der Waals surface area contributed by atoms with Crippen LogP contribution in [0, 0.1) is 11.2 Å². The molecule has 1 amide bonds. The van der Waals surface area contributed by atoms with E-state index in [0.717, 1.165) is 0 Å². The molecule has 0 spiro atoms. The maximum Gasteiger partial charge on any atom is 0.256 e. The molecule has 0 saturated heterocycles. The minimum Gasteiger partial charge on any atom is -0.392 e. The van der Waals surface area contributed by atoms with Gasteiger partial charge in [-0.05, 0) is 18.6 Å². The Morgan fingerprint density at radius 1 is 1.56 bits per heavy atom. The van der Waals surface area contributed by atoms with Crippen LogP contribution in [0.2, 0.25) is 5.02 Å². The molecule has 1 fully saturated rings. The third-order valence-electron chi connectivity index (χ3n) is 3.71. The lowest BCUT2D eigenvalue weighted by atomic mass is 9.64. The molecule has 2 rings (SSSR count). The van der Waals surface area contributed by atoms with E-state index in [-0.39, 0.29) is 16.6 Å². The summed E-state index contributed by atoms with van der Waals surface area (Å²) in [4.78, 5) is 12.0. The third kappa shape index (κ3) is 2.10. The number of aliphatic hydroxyl groups is 1. The maximum atomic E-state index is 13.5. The number of halogens is 2. The van der Waals surface area contributed by atoms with Crippen molar-refractivity contribution in [1.29, 1.82) is 0 Å². The molecule has 1 aliphatic rings. The zero-order chi connectivity index (χ0) is 13.5. The lowest BCUT2D eigenvalue weighted by Crippen LogP contribution is -2.61. The number of hydrogen-bond donors (Lipinski definition) is 2. The van der Waals surface area contributed by atoms with Gasteiger partial charge in [-0.15, -0.1) is 0 Å². The highest BCUT2D eigenvalue weighted by molar-refractivity contribution is 6.33. The van der Waals surface area contributed by atoms with Gasteiger partial charge in [0.05, 0.1) is 16.7 Å². The van der Waals surface area contributed by atoms with Crippen LogP contribution >= 0.6 is 11.6 Å². The first-order valence-corrected chi connectivity index (χ1v) is 6.14. The van der Waals surface area contributed by atoms with Gasteiger partial charge in [0, 0.05) is 11.5 Å². The molecule has 3 nitrogen and oxygen atoms in total. The summed E-state index contributed by atoms with van der Waals surface area (Å²) in [6.07, 6.45) is 0.0315. The second-order valence-electron chi connectivity index (χ2n) is 5.20. The van der Waals surface area contributed by atoms with E-state index in [0.29, 0.717) is 6.42 Å². The molecular weight excluding hydrogens is 257 g/mol. The number of benzene rings is 1. The molecule has 0 aromatic heterocycles. The summed E-state index contributed by atoms with van der Waals surface area (Å²) in [5.41, 5.74) is -0.538. The van der Waals surface area contributed by atoms with Crippen LogP contribution in [-0.2, 0) is 0 Å². The van der Waals surface area contributed by atoms with Gasteiger partial charge in [-0.2, -0.15) is 0 Å². The Labute approximate surface area is 110 Å². The van der Waals surface area contributed by atoms with Gasteiger partial charge in [0.15, 0.2) is 0 Å². The SMILES string of the molecule is CC1(C)C(O)CC1NC(=O)c1c(F)cccc1Cl. The first kappa shape index (κ1) is 13.3. The first-order chi connectivity index (χ1) is 8.34. The van der Waals surface area contributed by atoms with Crippen LogP contribution < -0.4 is 5.32 Å². The van der Waals surface area contributed by atoms with E-state index in [1.165, 1.54) is 18.2 Å². The molecule has 1 saturated carbocycles. The van der Waals surface area contributed by atoms with E-state index < -0.39 is 23.2 Å². The Morgan fingerprint density at radius 2 is 2.22 bits per heavy atom. The summed E-state index contributed by atoms with van der Waals surface area (Å²) in [6.45, 7) is 3.71. The Balaban J connectivity index is 2.14. The summed E-state index contributed by atoms with van der Waals surface area (Å²) in [7, 11) is 0. The van der Waals surface area contributed by atoms with Gasteiger partial charge in [0.25, 0.3) is 5.91 Å². The number of carbonyl (C=O) groups is 1. The van der Waals surface area contributed by atoms with Crippen molar-refractivity contribution in [3.8, 4) is 0 Å². The molecule has 1 aromatic rings. The van der Waals surface area contributed by atoms with Crippen molar-refractivity contribution in [3.63, 3.8) is 0 Å². The van der Waals surface area contributed by atoms with Crippen molar-refractivity contribution >= 4 is 17.5 Å². The zero-order valence-electron chi connectivity index (χ0n) is 10.2. The molecule has 0 aliphatic heterocycles. The quantitative estimate of drug-likeness (QED) is 0.868. The first-order valence-electron chi connectivity index (χ1n) is 5.77. The number of amides is 1. The summed E-state index contributed by atoms with van der Waals surface area (Å²) in [5, 5.41) is 12.4. The van der Waals surface area contributed by atoms with Gasteiger partial charge >= 0.3 is 0 Å². The van der Waals surface area contributed by atoms with Gasteiger partial charge in [-0.25, -0.2) is 4.39 Å². The molecule has 0 radical (unpaired) electrons. The number of rotatable bonds is 2. The van der Waals surface area contributed by atoms with Crippen molar-refractivity contribution in [2.75, 3.05) is 0 Å². The third-order valence-corrected chi connectivity index (χ3v) is 4.03. The number of aliphatic hydroxyl groups excluding tert-OH is 1. The molecule has 0 bridgehead atoms.